The topological polar surface area (TPSA) is 84.1 Å². The maximum absolute atomic E-state index is 9.35. The zero-order valence-electron chi connectivity index (χ0n) is 9.56. The number of nitrogens with two attached hydrogens (primary N) is 1. The second-order valence-corrected chi connectivity index (χ2v) is 5.19. The summed E-state index contributed by atoms with van der Waals surface area (Å²) >= 11 is 3.37. The molecule has 0 radical (unpaired) electrons. The first-order valence-electron chi connectivity index (χ1n) is 5.85. The molecule has 2 atom stereocenters. The maximum Gasteiger partial charge on any atom is 0.146 e. The summed E-state index contributed by atoms with van der Waals surface area (Å²) in [5.41, 5.74) is 5.71. The molecule has 0 bridgehead atoms. The number of hydrogen-bond donors (Lipinski definition) is 3. The molecule has 6 heteroatoms. The third-order valence-electron chi connectivity index (χ3n) is 3.28. The standard InChI is InChI=1S/C11H17BrN4O/c12-9-10(13)14-6-15-11(9)16-8-4-2-1-3-7(8)5-17/h6-8,17H,1-5H2,(H3,13,14,15,16). The van der Waals surface area contributed by atoms with Gasteiger partial charge in [-0.15, -0.1) is 0 Å². The third-order valence-corrected chi connectivity index (χ3v) is 4.06. The largest absolute Gasteiger partial charge is 0.396 e. The first-order valence-corrected chi connectivity index (χ1v) is 6.65. The van der Waals surface area contributed by atoms with Gasteiger partial charge in [0.2, 0.25) is 0 Å². The van der Waals surface area contributed by atoms with Crippen molar-refractivity contribution >= 4 is 27.6 Å². The Morgan fingerprint density at radius 2 is 2.18 bits per heavy atom. The van der Waals surface area contributed by atoms with Crippen LogP contribution < -0.4 is 11.1 Å². The molecule has 1 aromatic heterocycles. The number of nitrogens with zero attached hydrogens (tertiary/aromatic N) is 2. The van der Waals surface area contributed by atoms with Crippen LogP contribution in [0.15, 0.2) is 10.8 Å². The van der Waals surface area contributed by atoms with Crippen LogP contribution in [0.3, 0.4) is 0 Å². The third kappa shape index (κ3) is 2.87. The van der Waals surface area contributed by atoms with E-state index in [-0.39, 0.29) is 12.6 Å². The molecule has 94 valence electrons. The normalized spacial score (nSPS) is 24.6. The van der Waals surface area contributed by atoms with Crippen molar-refractivity contribution in [2.45, 2.75) is 31.7 Å². The van der Waals surface area contributed by atoms with Crippen molar-refractivity contribution in [3.05, 3.63) is 10.8 Å². The van der Waals surface area contributed by atoms with Gasteiger partial charge in [0.05, 0.1) is 0 Å². The maximum atomic E-state index is 9.35. The molecule has 0 amide bonds. The Balaban J connectivity index is 2.11. The second kappa shape index (κ2) is 5.64. The van der Waals surface area contributed by atoms with E-state index in [4.69, 9.17) is 5.73 Å². The van der Waals surface area contributed by atoms with Gasteiger partial charge in [0.1, 0.15) is 22.4 Å². The molecule has 1 saturated carbocycles. The monoisotopic (exact) mass is 300 g/mol. The zero-order chi connectivity index (χ0) is 12.3. The number of hydrogen-bond acceptors (Lipinski definition) is 5. The smallest absolute Gasteiger partial charge is 0.146 e. The van der Waals surface area contributed by atoms with Crippen molar-refractivity contribution in [3.8, 4) is 0 Å². The van der Waals surface area contributed by atoms with Gasteiger partial charge in [-0.2, -0.15) is 0 Å². The van der Waals surface area contributed by atoms with Gasteiger partial charge < -0.3 is 16.2 Å². The summed E-state index contributed by atoms with van der Waals surface area (Å²) in [7, 11) is 0. The molecule has 1 aliphatic carbocycles. The highest BCUT2D eigenvalue weighted by Gasteiger charge is 2.25. The highest BCUT2D eigenvalue weighted by Crippen LogP contribution is 2.30. The quantitative estimate of drug-likeness (QED) is 0.792. The number of aliphatic hydroxyl groups is 1. The van der Waals surface area contributed by atoms with E-state index in [1.165, 1.54) is 19.2 Å². The van der Waals surface area contributed by atoms with Crippen molar-refractivity contribution in [1.29, 1.82) is 0 Å². The minimum absolute atomic E-state index is 0.218. The van der Waals surface area contributed by atoms with Crippen LogP contribution in [0.25, 0.3) is 0 Å². The molecule has 1 aliphatic rings. The molecule has 5 nitrogen and oxygen atoms in total. The fourth-order valence-corrected chi connectivity index (χ4v) is 2.60. The number of nitrogens with one attached hydrogen (secondary N) is 1. The summed E-state index contributed by atoms with van der Waals surface area (Å²) in [6.45, 7) is 0.218. The van der Waals surface area contributed by atoms with E-state index in [0.29, 0.717) is 22.0 Å². The van der Waals surface area contributed by atoms with Gasteiger partial charge in [0.15, 0.2) is 0 Å². The van der Waals surface area contributed by atoms with E-state index in [2.05, 4.69) is 31.2 Å². The number of rotatable bonds is 3. The van der Waals surface area contributed by atoms with Crippen molar-refractivity contribution in [1.82, 2.24) is 9.97 Å². The molecule has 1 heterocycles. The molecular weight excluding hydrogens is 284 g/mol. The Morgan fingerprint density at radius 3 is 2.94 bits per heavy atom. The van der Waals surface area contributed by atoms with Crippen LogP contribution in [0.1, 0.15) is 25.7 Å². The molecule has 1 fully saturated rings. The predicted octanol–water partition coefficient (Wildman–Crippen LogP) is 1.78. The molecule has 0 aliphatic heterocycles. The van der Waals surface area contributed by atoms with Crippen molar-refractivity contribution in [2.24, 2.45) is 5.92 Å². The van der Waals surface area contributed by atoms with Gasteiger partial charge in [-0.05, 0) is 28.8 Å². The van der Waals surface area contributed by atoms with E-state index in [9.17, 15) is 5.11 Å². The van der Waals surface area contributed by atoms with Crippen LogP contribution in [0, 0.1) is 5.92 Å². The van der Waals surface area contributed by atoms with E-state index in [1.807, 2.05) is 0 Å². The van der Waals surface area contributed by atoms with Gasteiger partial charge in [-0.3, -0.25) is 0 Å². The number of anilines is 2. The van der Waals surface area contributed by atoms with Gasteiger partial charge in [-0.25, -0.2) is 9.97 Å². The highest BCUT2D eigenvalue weighted by atomic mass is 79.9. The SMILES string of the molecule is Nc1ncnc(NC2CCCCC2CO)c1Br. The molecule has 0 saturated heterocycles. The first-order chi connectivity index (χ1) is 8.22. The molecule has 0 aromatic carbocycles. The van der Waals surface area contributed by atoms with Crippen LogP contribution in [0.4, 0.5) is 11.6 Å². The van der Waals surface area contributed by atoms with Crippen molar-refractivity contribution < 1.29 is 5.11 Å². The second-order valence-electron chi connectivity index (χ2n) is 4.40. The van der Waals surface area contributed by atoms with Crippen LogP contribution in [-0.2, 0) is 0 Å². The van der Waals surface area contributed by atoms with Crippen LogP contribution >= 0.6 is 15.9 Å². The number of aromatic nitrogens is 2. The van der Waals surface area contributed by atoms with E-state index in [1.54, 1.807) is 0 Å². The summed E-state index contributed by atoms with van der Waals surface area (Å²) in [5.74, 6) is 1.44. The lowest BCUT2D eigenvalue weighted by Gasteiger charge is -2.31. The Labute approximate surface area is 109 Å². The minimum atomic E-state index is 0.218. The van der Waals surface area contributed by atoms with Gasteiger partial charge in [0, 0.05) is 18.6 Å². The molecule has 17 heavy (non-hydrogen) atoms. The Kier molecular flexibility index (Phi) is 4.17. The first kappa shape index (κ1) is 12.6. The lowest BCUT2D eigenvalue weighted by Crippen LogP contribution is -2.34. The van der Waals surface area contributed by atoms with Gasteiger partial charge in [-0.1, -0.05) is 12.8 Å². The van der Waals surface area contributed by atoms with Crippen LogP contribution in [-0.4, -0.2) is 27.7 Å². The minimum Gasteiger partial charge on any atom is -0.396 e. The zero-order valence-corrected chi connectivity index (χ0v) is 11.2. The highest BCUT2D eigenvalue weighted by molar-refractivity contribution is 9.10. The molecular formula is C11H17BrN4O. The van der Waals surface area contributed by atoms with Crippen molar-refractivity contribution in [3.63, 3.8) is 0 Å². The molecule has 4 N–H and O–H groups in total. The Hall–Kier alpha value is -0.880. The fourth-order valence-electron chi connectivity index (χ4n) is 2.28. The molecule has 0 spiro atoms. The van der Waals surface area contributed by atoms with E-state index < -0.39 is 0 Å². The lowest BCUT2D eigenvalue weighted by atomic mass is 9.85. The number of aliphatic hydroxyl groups excluding tert-OH is 1. The van der Waals surface area contributed by atoms with Gasteiger partial charge in [0.25, 0.3) is 0 Å². The number of halogens is 1. The molecule has 2 unspecified atom stereocenters. The Bertz CT molecular complexity index is 388. The molecule has 1 aromatic rings. The summed E-state index contributed by atoms with van der Waals surface area (Å²) < 4.78 is 0.697. The van der Waals surface area contributed by atoms with Crippen molar-refractivity contribution in [2.75, 3.05) is 17.7 Å². The predicted molar refractivity (Wildman–Crippen MR) is 70.6 cm³/mol. The van der Waals surface area contributed by atoms with Gasteiger partial charge >= 0.3 is 0 Å². The summed E-state index contributed by atoms with van der Waals surface area (Å²) in [5, 5.41) is 12.7. The lowest BCUT2D eigenvalue weighted by molar-refractivity contribution is 0.178. The number of nitrogen functional groups attached to an aromatic ring is 1. The van der Waals surface area contributed by atoms with Crippen LogP contribution in [0.2, 0.25) is 0 Å². The summed E-state index contributed by atoms with van der Waals surface area (Å²) in [6, 6.07) is 0.263. The van der Waals surface area contributed by atoms with Crippen LogP contribution in [0.5, 0.6) is 0 Å². The fraction of sp³-hybridized carbons (Fsp3) is 0.636. The van der Waals surface area contributed by atoms with E-state index in [0.717, 1.165) is 12.8 Å². The molecule has 2 rings (SSSR count). The summed E-state index contributed by atoms with van der Waals surface area (Å²) in [6.07, 6.45) is 5.94. The Morgan fingerprint density at radius 1 is 1.41 bits per heavy atom. The van der Waals surface area contributed by atoms with E-state index >= 15 is 0 Å². The summed E-state index contributed by atoms with van der Waals surface area (Å²) in [4.78, 5) is 8.07. The average Bonchev–Trinajstić information content (AvgIpc) is 2.35. The average molecular weight is 301 g/mol.